The average Bonchev–Trinajstić information content (AvgIpc) is 3.38. The molecular weight excluding hydrogens is 420 g/mol. The van der Waals surface area contributed by atoms with Crippen molar-refractivity contribution < 1.29 is 23.0 Å². The van der Waals surface area contributed by atoms with E-state index in [0.29, 0.717) is 18.9 Å². The van der Waals surface area contributed by atoms with Gasteiger partial charge in [-0.2, -0.15) is 13.9 Å². The Hall–Kier alpha value is -3.82. The summed E-state index contributed by atoms with van der Waals surface area (Å²) in [5, 5.41) is 10.1. The van der Waals surface area contributed by atoms with Crippen LogP contribution in [0.1, 0.15) is 17.3 Å². The van der Waals surface area contributed by atoms with E-state index in [-0.39, 0.29) is 17.1 Å². The molecule has 2 heterocycles. The van der Waals surface area contributed by atoms with Crippen molar-refractivity contribution in [1.82, 2.24) is 15.1 Å². The number of ether oxygens (including phenoxy) is 2. The number of hydrogen-bond donors (Lipinski definition) is 2. The van der Waals surface area contributed by atoms with E-state index in [1.807, 2.05) is 36.3 Å². The lowest BCUT2D eigenvalue weighted by Gasteiger charge is -2.22. The number of halogens is 2. The number of anilines is 3. The molecule has 2 aromatic carbocycles. The Balaban J connectivity index is 1.74. The maximum Gasteiger partial charge on any atom is 0.387 e. The van der Waals surface area contributed by atoms with Crippen LogP contribution in [-0.2, 0) is 7.05 Å². The lowest BCUT2D eigenvalue weighted by atomic mass is 10.1. The van der Waals surface area contributed by atoms with E-state index in [0.717, 1.165) is 22.5 Å². The second kappa shape index (κ2) is 8.74. The molecule has 168 valence electrons. The van der Waals surface area contributed by atoms with Crippen LogP contribution in [0.15, 0.2) is 42.7 Å². The largest absolute Gasteiger partial charge is 0.496 e. The van der Waals surface area contributed by atoms with E-state index in [2.05, 4.69) is 15.7 Å². The van der Waals surface area contributed by atoms with Gasteiger partial charge in [0.1, 0.15) is 17.1 Å². The van der Waals surface area contributed by atoms with Crippen molar-refractivity contribution >= 4 is 23.0 Å². The highest BCUT2D eigenvalue weighted by molar-refractivity contribution is 6.01. The van der Waals surface area contributed by atoms with Gasteiger partial charge in [-0.1, -0.05) is 6.07 Å². The average molecular weight is 443 g/mol. The number of aromatic nitrogens is 2. The SMILES string of the molecule is CCNC(=O)c1c(OC)cc(N2CNc3cc(-c4cnn(C)c4)ccc32)cc1OC(F)F. The summed E-state index contributed by atoms with van der Waals surface area (Å²) in [6.45, 7) is -0.613. The molecule has 0 aliphatic carbocycles. The quantitative estimate of drug-likeness (QED) is 0.575. The fourth-order valence-corrected chi connectivity index (χ4v) is 3.70. The molecule has 1 amide bonds. The van der Waals surface area contributed by atoms with Crippen LogP contribution in [-0.4, -0.2) is 42.6 Å². The number of rotatable bonds is 7. The third-order valence-electron chi connectivity index (χ3n) is 5.12. The Labute approximate surface area is 183 Å². The van der Waals surface area contributed by atoms with E-state index in [1.165, 1.54) is 13.2 Å². The first-order chi connectivity index (χ1) is 15.4. The molecule has 0 radical (unpaired) electrons. The number of nitrogens with zero attached hydrogens (tertiary/aromatic N) is 3. The maximum absolute atomic E-state index is 13.1. The van der Waals surface area contributed by atoms with Gasteiger partial charge in [0.2, 0.25) is 0 Å². The highest BCUT2D eigenvalue weighted by Gasteiger charge is 2.27. The summed E-state index contributed by atoms with van der Waals surface area (Å²) in [5.74, 6) is -0.655. The summed E-state index contributed by atoms with van der Waals surface area (Å²) in [4.78, 5) is 14.4. The predicted molar refractivity (Wildman–Crippen MR) is 117 cm³/mol. The Morgan fingerprint density at radius 3 is 2.69 bits per heavy atom. The summed E-state index contributed by atoms with van der Waals surface area (Å²) in [5.41, 5.74) is 4.19. The van der Waals surface area contributed by atoms with Gasteiger partial charge in [-0.15, -0.1) is 0 Å². The van der Waals surface area contributed by atoms with E-state index >= 15 is 0 Å². The van der Waals surface area contributed by atoms with Crippen molar-refractivity contribution in [3.63, 3.8) is 0 Å². The molecule has 0 spiro atoms. The summed E-state index contributed by atoms with van der Waals surface area (Å²) >= 11 is 0. The van der Waals surface area contributed by atoms with Crippen molar-refractivity contribution in [3.8, 4) is 22.6 Å². The van der Waals surface area contributed by atoms with E-state index in [9.17, 15) is 13.6 Å². The number of carbonyl (C=O) groups excluding carboxylic acids is 1. The molecule has 3 aromatic rings. The molecule has 8 nitrogen and oxygen atoms in total. The summed E-state index contributed by atoms with van der Waals surface area (Å²) in [6, 6.07) is 8.96. The zero-order chi connectivity index (χ0) is 22.8. The molecular formula is C22H23F2N5O3. The molecule has 1 aliphatic rings. The predicted octanol–water partition coefficient (Wildman–Crippen LogP) is 3.97. The molecule has 0 saturated carbocycles. The topological polar surface area (TPSA) is 80.7 Å². The number of hydrogen-bond acceptors (Lipinski definition) is 6. The molecule has 0 fully saturated rings. The van der Waals surface area contributed by atoms with Crippen LogP contribution in [0.25, 0.3) is 11.1 Å². The van der Waals surface area contributed by atoms with Gasteiger partial charge in [0, 0.05) is 37.5 Å². The molecule has 0 saturated heterocycles. The number of nitrogens with one attached hydrogen (secondary N) is 2. The van der Waals surface area contributed by atoms with Crippen molar-refractivity contribution in [3.05, 3.63) is 48.3 Å². The number of amides is 1. The number of aryl methyl sites for hydroxylation is 1. The number of methoxy groups -OCH3 is 1. The zero-order valence-electron chi connectivity index (χ0n) is 17.9. The van der Waals surface area contributed by atoms with Gasteiger partial charge in [-0.05, 0) is 24.6 Å². The molecule has 4 rings (SSSR count). The van der Waals surface area contributed by atoms with Gasteiger partial charge in [0.05, 0.1) is 37.0 Å². The van der Waals surface area contributed by atoms with Crippen LogP contribution < -0.4 is 25.0 Å². The Kier molecular flexibility index (Phi) is 5.85. The van der Waals surface area contributed by atoms with Gasteiger partial charge in [-0.3, -0.25) is 9.48 Å². The highest BCUT2D eigenvalue weighted by Crippen LogP contribution is 2.43. The minimum absolute atomic E-state index is 0.0716. The van der Waals surface area contributed by atoms with Crippen LogP contribution in [0.5, 0.6) is 11.5 Å². The molecule has 0 atom stereocenters. The monoisotopic (exact) mass is 443 g/mol. The third-order valence-corrected chi connectivity index (χ3v) is 5.12. The summed E-state index contributed by atoms with van der Waals surface area (Å²) in [7, 11) is 3.23. The maximum atomic E-state index is 13.1. The molecule has 0 unspecified atom stereocenters. The van der Waals surface area contributed by atoms with E-state index in [4.69, 9.17) is 9.47 Å². The minimum atomic E-state index is -3.09. The number of alkyl halides is 2. The minimum Gasteiger partial charge on any atom is -0.496 e. The standard InChI is InChI=1S/C22H23F2N5O3/c1-4-25-21(30)20-18(31-3)8-15(9-19(20)32-22(23)24)29-12-26-16-7-13(5-6-17(16)29)14-10-27-28(2)11-14/h5-11,22,26H,4,12H2,1-3H3,(H,25,30). The molecule has 32 heavy (non-hydrogen) atoms. The molecule has 1 aromatic heterocycles. The van der Waals surface area contributed by atoms with Crippen LogP contribution in [0.2, 0.25) is 0 Å². The van der Waals surface area contributed by atoms with Gasteiger partial charge in [0.15, 0.2) is 0 Å². The molecule has 10 heteroatoms. The third kappa shape index (κ3) is 4.03. The fraction of sp³-hybridized carbons (Fsp3) is 0.273. The number of benzene rings is 2. The van der Waals surface area contributed by atoms with Crippen LogP contribution >= 0.6 is 0 Å². The van der Waals surface area contributed by atoms with Crippen molar-refractivity contribution in [2.75, 3.05) is 30.5 Å². The molecule has 2 N–H and O–H groups in total. The lowest BCUT2D eigenvalue weighted by molar-refractivity contribution is -0.0502. The van der Waals surface area contributed by atoms with Crippen molar-refractivity contribution in [2.24, 2.45) is 7.05 Å². The Morgan fingerprint density at radius 2 is 2.03 bits per heavy atom. The Bertz CT molecular complexity index is 1150. The zero-order valence-corrected chi connectivity index (χ0v) is 17.9. The second-order valence-electron chi connectivity index (χ2n) is 7.16. The molecule has 0 bridgehead atoms. The summed E-state index contributed by atoms with van der Waals surface area (Å²) in [6.07, 6.45) is 3.71. The van der Waals surface area contributed by atoms with E-state index < -0.39 is 12.5 Å². The number of fused-ring (bicyclic) bond motifs is 1. The summed E-state index contributed by atoms with van der Waals surface area (Å²) < 4.78 is 38.0. The van der Waals surface area contributed by atoms with Crippen molar-refractivity contribution in [1.29, 1.82) is 0 Å². The first kappa shape index (κ1) is 21.4. The van der Waals surface area contributed by atoms with Crippen molar-refractivity contribution in [2.45, 2.75) is 13.5 Å². The highest BCUT2D eigenvalue weighted by atomic mass is 19.3. The Morgan fingerprint density at radius 1 is 1.25 bits per heavy atom. The van der Waals surface area contributed by atoms with Gasteiger partial charge in [0.25, 0.3) is 5.91 Å². The first-order valence-corrected chi connectivity index (χ1v) is 10.0. The normalized spacial score (nSPS) is 12.5. The second-order valence-corrected chi connectivity index (χ2v) is 7.16. The fourth-order valence-electron chi connectivity index (χ4n) is 3.70. The van der Waals surface area contributed by atoms with Gasteiger partial charge in [-0.25, -0.2) is 0 Å². The molecule has 1 aliphatic heterocycles. The van der Waals surface area contributed by atoms with Crippen LogP contribution in [0, 0.1) is 0 Å². The first-order valence-electron chi connectivity index (χ1n) is 10.0. The van der Waals surface area contributed by atoms with E-state index in [1.54, 1.807) is 23.9 Å². The van der Waals surface area contributed by atoms with Crippen LogP contribution in [0.4, 0.5) is 25.8 Å². The van der Waals surface area contributed by atoms with Gasteiger partial charge >= 0.3 is 6.61 Å². The lowest BCUT2D eigenvalue weighted by Crippen LogP contribution is -2.25. The number of carbonyl (C=O) groups is 1. The van der Waals surface area contributed by atoms with Gasteiger partial charge < -0.3 is 25.0 Å². The smallest absolute Gasteiger partial charge is 0.387 e. The van der Waals surface area contributed by atoms with Crippen LogP contribution in [0.3, 0.4) is 0 Å².